The zero-order chi connectivity index (χ0) is 37.9. The molecule has 2 aliphatic heterocycles. The van der Waals surface area contributed by atoms with Gasteiger partial charge in [-0.2, -0.15) is 5.01 Å². The van der Waals surface area contributed by atoms with Gasteiger partial charge in [0.2, 0.25) is 11.8 Å². The molecule has 51 heavy (non-hydrogen) atoms. The molecule has 0 saturated carbocycles. The lowest BCUT2D eigenvalue weighted by molar-refractivity contribution is -0.194. The van der Waals surface area contributed by atoms with Gasteiger partial charge in [-0.05, 0) is 82.6 Å². The standard InChI is InChI=1S/C34H53N7O4.C4H6O2/c1-9-11-13-26(10-2)21-36-34(44)41-31-22-38(19-17-27-15-16-28(25(3)4)30(20-27)45-8)33(43)29(14-12-18-35-5)40(31)32(42)23-39(41)24-37(6)7;1-2-3-6-4-5/h9-11,13,15-16,20,25,29,31,35H,1,12,14,17-19,21-24H2,2-8H3,(H,36,44);2,4H,1,3H2/b13-11-,26-10+;/t29-,31?;/m0./s1. The maximum atomic E-state index is 14.0. The molecule has 13 nitrogen and oxygen atoms in total. The van der Waals surface area contributed by atoms with Crippen LogP contribution in [-0.2, 0) is 25.5 Å². The van der Waals surface area contributed by atoms with Gasteiger partial charge in [-0.15, -0.1) is 0 Å². The van der Waals surface area contributed by atoms with Crippen LogP contribution in [0.3, 0.4) is 0 Å². The van der Waals surface area contributed by atoms with Crippen LogP contribution in [-0.4, -0.2) is 135 Å². The number of amides is 4. The Kier molecular flexibility index (Phi) is 18.7. The number of ether oxygens (including phenoxy) is 2. The lowest BCUT2D eigenvalue weighted by atomic mass is 9.98. The number of carbonyl (C=O) groups is 4. The summed E-state index contributed by atoms with van der Waals surface area (Å²) < 4.78 is 9.85. The van der Waals surface area contributed by atoms with E-state index in [2.05, 4.69) is 54.5 Å². The van der Waals surface area contributed by atoms with Crippen molar-refractivity contribution in [3.63, 3.8) is 0 Å². The number of allylic oxidation sites excluding steroid dienone is 3. The predicted octanol–water partition coefficient (Wildman–Crippen LogP) is 3.52. The summed E-state index contributed by atoms with van der Waals surface area (Å²) in [5, 5.41) is 9.62. The van der Waals surface area contributed by atoms with Crippen LogP contribution in [0.1, 0.15) is 50.7 Å². The average molecular weight is 710 g/mol. The van der Waals surface area contributed by atoms with Gasteiger partial charge in [0.15, 0.2) is 0 Å². The number of hydrogen-bond acceptors (Lipinski definition) is 9. The molecule has 2 aliphatic rings. The molecule has 3 rings (SSSR count). The van der Waals surface area contributed by atoms with Crippen LogP contribution in [0, 0.1) is 0 Å². The second kappa shape index (κ2) is 22.4. The van der Waals surface area contributed by atoms with Gasteiger partial charge in [-0.1, -0.05) is 69.5 Å². The molecular weight excluding hydrogens is 650 g/mol. The van der Waals surface area contributed by atoms with Crippen molar-refractivity contribution in [2.24, 2.45) is 0 Å². The lowest BCUT2D eigenvalue weighted by Gasteiger charge is -2.55. The van der Waals surface area contributed by atoms with Crippen LogP contribution in [0.4, 0.5) is 4.79 Å². The number of nitrogens with zero attached hydrogens (tertiary/aromatic N) is 5. The maximum absolute atomic E-state index is 14.0. The van der Waals surface area contributed by atoms with Crippen LogP contribution >= 0.6 is 0 Å². The highest BCUT2D eigenvalue weighted by Gasteiger charge is 2.51. The first-order chi connectivity index (χ1) is 24.5. The van der Waals surface area contributed by atoms with Crippen molar-refractivity contribution in [1.29, 1.82) is 0 Å². The number of benzene rings is 1. The van der Waals surface area contributed by atoms with E-state index in [0.29, 0.717) is 51.6 Å². The molecule has 2 heterocycles. The summed E-state index contributed by atoms with van der Waals surface area (Å²) in [6.45, 7) is 16.0. The van der Waals surface area contributed by atoms with Gasteiger partial charge in [0.25, 0.3) is 6.47 Å². The number of rotatable bonds is 18. The van der Waals surface area contributed by atoms with Gasteiger partial charge in [-0.25, -0.2) is 9.80 Å². The highest BCUT2D eigenvalue weighted by molar-refractivity contribution is 5.91. The molecule has 2 fully saturated rings. The SMILES string of the molecule is C=C/C=C\C(=C/C)CNC(=O)N1C2CN(CCc3ccc(C(C)C)c(OC)c3)C(=O)[C@H](CCCNC)N2C(=O)CN1CN(C)C.C=CCOC=O. The summed E-state index contributed by atoms with van der Waals surface area (Å²) in [7, 11) is 7.36. The fourth-order valence-corrected chi connectivity index (χ4v) is 6.06. The normalized spacial score (nSPS) is 18.1. The molecule has 282 valence electrons. The van der Waals surface area contributed by atoms with Crippen molar-refractivity contribution < 1.29 is 28.7 Å². The Bertz CT molecular complexity index is 1370. The third kappa shape index (κ3) is 12.7. The van der Waals surface area contributed by atoms with E-state index in [4.69, 9.17) is 4.74 Å². The van der Waals surface area contributed by atoms with Crippen molar-refractivity contribution in [1.82, 2.24) is 35.4 Å². The summed E-state index contributed by atoms with van der Waals surface area (Å²) in [6.07, 6.45) is 10.1. The van der Waals surface area contributed by atoms with Gasteiger partial charge in [-0.3, -0.25) is 19.3 Å². The number of nitrogens with one attached hydrogen (secondary N) is 2. The van der Waals surface area contributed by atoms with Gasteiger partial charge >= 0.3 is 6.03 Å². The average Bonchev–Trinajstić information content (AvgIpc) is 3.10. The second-order valence-electron chi connectivity index (χ2n) is 12.9. The Morgan fingerprint density at radius 1 is 1.20 bits per heavy atom. The first kappa shape index (κ1) is 42.7. The molecule has 1 unspecified atom stereocenters. The molecule has 13 heteroatoms. The number of urea groups is 1. The van der Waals surface area contributed by atoms with Crippen molar-refractivity contribution >= 4 is 24.3 Å². The molecule has 4 amide bonds. The van der Waals surface area contributed by atoms with Gasteiger partial charge < -0.3 is 29.9 Å². The van der Waals surface area contributed by atoms with Crippen molar-refractivity contribution in [3.8, 4) is 5.75 Å². The van der Waals surface area contributed by atoms with E-state index in [9.17, 15) is 19.2 Å². The fraction of sp³-hybridized carbons (Fsp3) is 0.526. The molecule has 2 atom stereocenters. The van der Waals surface area contributed by atoms with E-state index < -0.39 is 12.2 Å². The van der Waals surface area contributed by atoms with Crippen LogP contribution in [0.2, 0.25) is 0 Å². The molecule has 0 aliphatic carbocycles. The number of fused-ring (bicyclic) bond motifs is 1. The Labute approximate surface area is 304 Å². The fourth-order valence-electron chi connectivity index (χ4n) is 6.06. The summed E-state index contributed by atoms with van der Waals surface area (Å²) >= 11 is 0. The minimum absolute atomic E-state index is 0.00669. The molecule has 0 bridgehead atoms. The Hall–Kier alpha value is -4.46. The predicted molar refractivity (Wildman–Crippen MR) is 201 cm³/mol. The van der Waals surface area contributed by atoms with Crippen LogP contribution in [0.15, 0.2) is 67.3 Å². The van der Waals surface area contributed by atoms with E-state index in [1.165, 1.54) is 6.08 Å². The number of methoxy groups -OCH3 is 1. The third-order valence-corrected chi connectivity index (χ3v) is 8.52. The zero-order valence-electron chi connectivity index (χ0n) is 31.6. The molecule has 0 spiro atoms. The first-order valence-electron chi connectivity index (χ1n) is 17.5. The van der Waals surface area contributed by atoms with E-state index in [1.807, 2.05) is 62.2 Å². The molecule has 2 N–H and O–H groups in total. The monoisotopic (exact) mass is 709 g/mol. The minimum atomic E-state index is -0.652. The molecule has 1 aromatic rings. The van der Waals surface area contributed by atoms with Gasteiger partial charge in [0.05, 0.1) is 26.9 Å². The van der Waals surface area contributed by atoms with Crippen molar-refractivity contribution in [2.45, 2.75) is 58.2 Å². The van der Waals surface area contributed by atoms with Crippen LogP contribution in [0.5, 0.6) is 5.75 Å². The largest absolute Gasteiger partial charge is 0.496 e. The highest BCUT2D eigenvalue weighted by Crippen LogP contribution is 2.30. The van der Waals surface area contributed by atoms with Crippen LogP contribution in [0.25, 0.3) is 0 Å². The van der Waals surface area contributed by atoms with Crippen molar-refractivity contribution in [3.05, 3.63) is 78.4 Å². The van der Waals surface area contributed by atoms with E-state index in [1.54, 1.807) is 28.1 Å². The van der Waals surface area contributed by atoms with Crippen LogP contribution < -0.4 is 15.4 Å². The Balaban J connectivity index is 0.00000138. The molecular formula is C38H59N7O6. The Morgan fingerprint density at radius 3 is 2.51 bits per heavy atom. The van der Waals surface area contributed by atoms with Gasteiger partial charge in [0.1, 0.15) is 24.6 Å². The highest BCUT2D eigenvalue weighted by atomic mass is 16.5. The van der Waals surface area contributed by atoms with Gasteiger partial charge in [0, 0.05) is 13.1 Å². The van der Waals surface area contributed by atoms with E-state index >= 15 is 0 Å². The number of carbonyl (C=O) groups excluding carboxylic acids is 4. The smallest absolute Gasteiger partial charge is 0.334 e. The number of piperazine rings is 1. The Morgan fingerprint density at radius 2 is 1.94 bits per heavy atom. The summed E-state index contributed by atoms with van der Waals surface area (Å²) in [6, 6.07) is 5.26. The van der Waals surface area contributed by atoms with Crippen molar-refractivity contribution in [2.75, 3.05) is 74.3 Å². The first-order valence-corrected chi connectivity index (χ1v) is 17.5. The summed E-state index contributed by atoms with van der Waals surface area (Å²) in [4.78, 5) is 56.4. The van der Waals surface area contributed by atoms with E-state index in [-0.39, 0.29) is 30.9 Å². The summed E-state index contributed by atoms with van der Waals surface area (Å²) in [5.41, 5.74) is 3.13. The third-order valence-electron chi connectivity index (χ3n) is 8.52. The van der Waals surface area contributed by atoms with E-state index in [0.717, 1.165) is 35.4 Å². The topological polar surface area (TPSA) is 127 Å². The lowest BCUT2D eigenvalue weighted by Crippen LogP contribution is -2.77. The molecule has 0 radical (unpaired) electrons. The molecule has 1 aromatic carbocycles. The zero-order valence-corrected chi connectivity index (χ0v) is 31.6. The quantitative estimate of drug-likeness (QED) is 0.102. The molecule has 2 saturated heterocycles. The maximum Gasteiger partial charge on any atom is 0.334 e. The molecule has 0 aromatic heterocycles. The number of hydrogen-bond donors (Lipinski definition) is 2. The number of hydrazine groups is 1. The minimum Gasteiger partial charge on any atom is -0.496 e. The second-order valence-corrected chi connectivity index (χ2v) is 12.9. The summed E-state index contributed by atoms with van der Waals surface area (Å²) in [5.74, 6) is 0.946.